The monoisotopic (exact) mass is 422 g/mol. The number of aryl methyl sites for hydroxylation is 1. The molecule has 0 bridgehead atoms. The Balaban J connectivity index is 1.42. The van der Waals surface area contributed by atoms with Gasteiger partial charge in [-0.1, -0.05) is 65.9 Å². The van der Waals surface area contributed by atoms with Crippen LogP contribution in [0.2, 0.25) is 0 Å². The maximum absolute atomic E-state index is 12.6. The van der Waals surface area contributed by atoms with Crippen molar-refractivity contribution in [1.29, 1.82) is 0 Å². The minimum Gasteiger partial charge on any atom is -0.411 e. The van der Waals surface area contributed by atoms with Gasteiger partial charge in [0.25, 0.3) is 5.22 Å². The summed E-state index contributed by atoms with van der Waals surface area (Å²) in [5.41, 5.74) is 1.97. The van der Waals surface area contributed by atoms with Crippen LogP contribution in [0.15, 0.2) is 92.7 Å². The maximum Gasteiger partial charge on any atom is 0.277 e. The van der Waals surface area contributed by atoms with Crippen molar-refractivity contribution in [3.05, 3.63) is 83.8 Å². The fourth-order valence-corrected chi connectivity index (χ4v) is 4.62. The van der Waals surface area contributed by atoms with Crippen molar-refractivity contribution in [1.82, 2.24) is 10.2 Å². The van der Waals surface area contributed by atoms with Gasteiger partial charge in [0.15, 0.2) is 9.84 Å². The molecule has 4 aromatic rings. The molecule has 146 valence electrons. The molecule has 1 heterocycles. The number of rotatable bonds is 6. The average molecular weight is 423 g/mol. The molecule has 0 amide bonds. The quantitative estimate of drug-likeness (QED) is 0.394. The molecular weight excluding hydrogens is 404 g/mol. The second kappa shape index (κ2) is 8.23. The summed E-state index contributed by atoms with van der Waals surface area (Å²) >= 11 is 1.29. The van der Waals surface area contributed by atoms with Crippen LogP contribution in [-0.4, -0.2) is 24.4 Å². The molecule has 5 nitrogen and oxygen atoms in total. The largest absolute Gasteiger partial charge is 0.411 e. The highest BCUT2D eigenvalue weighted by Crippen LogP contribution is 2.24. The normalized spacial score (nSPS) is 12.0. The van der Waals surface area contributed by atoms with Crippen molar-refractivity contribution < 1.29 is 12.8 Å². The molecule has 0 atom stereocenters. The molecule has 0 aliphatic heterocycles. The molecule has 0 fully saturated rings. The number of hydrogen-bond acceptors (Lipinski definition) is 6. The Morgan fingerprint density at radius 3 is 2.62 bits per heavy atom. The van der Waals surface area contributed by atoms with E-state index in [-0.39, 0.29) is 4.90 Å². The van der Waals surface area contributed by atoms with Crippen molar-refractivity contribution in [2.45, 2.75) is 17.0 Å². The lowest BCUT2D eigenvalue weighted by molar-refractivity contribution is 0.466. The van der Waals surface area contributed by atoms with Gasteiger partial charge in [-0.2, -0.15) is 0 Å². The molecule has 0 saturated carbocycles. The molecule has 0 aliphatic carbocycles. The lowest BCUT2D eigenvalue weighted by Gasteiger charge is -2.02. The molecule has 1 aromatic heterocycles. The predicted octanol–water partition coefficient (Wildman–Crippen LogP) is 5.28. The Bertz CT molecular complexity index is 1290. The van der Waals surface area contributed by atoms with Gasteiger partial charge in [-0.25, -0.2) is 8.42 Å². The van der Waals surface area contributed by atoms with Crippen molar-refractivity contribution in [3.63, 3.8) is 0 Å². The van der Waals surface area contributed by atoms with Crippen molar-refractivity contribution in [2.24, 2.45) is 0 Å². The number of benzene rings is 3. The fourth-order valence-electron chi connectivity index (χ4n) is 2.87. The van der Waals surface area contributed by atoms with E-state index in [9.17, 15) is 8.42 Å². The molecule has 0 unspecified atom stereocenters. The second-order valence-corrected chi connectivity index (χ2v) is 9.28. The highest BCUT2D eigenvalue weighted by Gasteiger charge is 2.12. The van der Waals surface area contributed by atoms with E-state index in [0.29, 0.717) is 16.9 Å². The Kier molecular flexibility index (Phi) is 5.51. The summed E-state index contributed by atoms with van der Waals surface area (Å²) in [5.74, 6) is 0.853. The number of fused-ring (bicyclic) bond motifs is 1. The lowest BCUT2D eigenvalue weighted by atomic mass is 10.1. The zero-order chi connectivity index (χ0) is 20.3. The molecule has 0 radical (unpaired) electrons. The highest BCUT2D eigenvalue weighted by molar-refractivity contribution is 7.99. The first kappa shape index (κ1) is 19.4. The van der Waals surface area contributed by atoms with Gasteiger partial charge in [-0.05, 0) is 42.0 Å². The summed E-state index contributed by atoms with van der Waals surface area (Å²) in [6.45, 7) is 2.00. The van der Waals surface area contributed by atoms with E-state index in [0.717, 1.165) is 21.9 Å². The van der Waals surface area contributed by atoms with Gasteiger partial charge in [0.2, 0.25) is 5.89 Å². The van der Waals surface area contributed by atoms with Gasteiger partial charge < -0.3 is 4.42 Å². The van der Waals surface area contributed by atoms with Gasteiger partial charge >= 0.3 is 0 Å². The van der Waals surface area contributed by atoms with E-state index >= 15 is 0 Å². The smallest absolute Gasteiger partial charge is 0.277 e. The van der Waals surface area contributed by atoms with E-state index in [1.54, 1.807) is 18.2 Å². The van der Waals surface area contributed by atoms with Crippen LogP contribution in [-0.2, 0) is 9.84 Å². The Morgan fingerprint density at radius 2 is 1.79 bits per heavy atom. The van der Waals surface area contributed by atoms with E-state index in [2.05, 4.69) is 10.2 Å². The average Bonchev–Trinajstić information content (AvgIpc) is 3.20. The predicted molar refractivity (Wildman–Crippen MR) is 115 cm³/mol. The summed E-state index contributed by atoms with van der Waals surface area (Å²) in [5, 5.41) is 11.6. The summed E-state index contributed by atoms with van der Waals surface area (Å²) in [6, 6.07) is 20.6. The molecule has 0 N–H and O–H groups in total. The molecule has 0 spiro atoms. The SMILES string of the molecule is Cc1cccc(-c2nnc(SCC=CS(=O)(=O)c3ccc4ccccc4c3)o2)c1. The summed E-state index contributed by atoms with van der Waals surface area (Å²) in [4.78, 5) is 0.275. The van der Waals surface area contributed by atoms with Crippen molar-refractivity contribution >= 4 is 32.4 Å². The minimum atomic E-state index is -3.51. The highest BCUT2D eigenvalue weighted by atomic mass is 32.2. The van der Waals surface area contributed by atoms with Gasteiger partial charge in [-0.3, -0.25) is 0 Å². The van der Waals surface area contributed by atoms with Gasteiger partial charge in [-0.15, -0.1) is 10.2 Å². The number of hydrogen-bond donors (Lipinski definition) is 0. The van der Waals surface area contributed by atoms with Crippen LogP contribution in [0.4, 0.5) is 0 Å². The second-order valence-electron chi connectivity index (χ2n) is 6.48. The number of sulfone groups is 1. The Hall–Kier alpha value is -2.90. The van der Waals surface area contributed by atoms with Crippen LogP contribution in [0, 0.1) is 6.92 Å². The molecule has 0 saturated heterocycles. The van der Waals surface area contributed by atoms with Crippen LogP contribution in [0.25, 0.3) is 22.2 Å². The first-order chi connectivity index (χ1) is 14.0. The first-order valence-corrected chi connectivity index (χ1v) is 11.5. The van der Waals surface area contributed by atoms with Gasteiger partial charge in [0.05, 0.1) is 4.90 Å². The van der Waals surface area contributed by atoms with E-state index in [1.807, 2.05) is 61.5 Å². The lowest BCUT2D eigenvalue weighted by Crippen LogP contribution is -1.96. The fraction of sp³-hybridized carbons (Fsp3) is 0.0909. The topological polar surface area (TPSA) is 73.1 Å². The van der Waals surface area contributed by atoms with E-state index in [4.69, 9.17) is 4.42 Å². The maximum atomic E-state index is 12.6. The van der Waals surface area contributed by atoms with Gasteiger partial charge in [0.1, 0.15) is 0 Å². The minimum absolute atomic E-state index is 0.275. The van der Waals surface area contributed by atoms with Gasteiger partial charge in [0, 0.05) is 16.7 Å². The van der Waals surface area contributed by atoms with Crippen LogP contribution in [0.1, 0.15) is 5.56 Å². The molecular formula is C22H18N2O3S2. The van der Waals surface area contributed by atoms with Crippen molar-refractivity contribution in [3.8, 4) is 11.5 Å². The van der Waals surface area contributed by atoms with Crippen molar-refractivity contribution in [2.75, 3.05) is 5.75 Å². The third kappa shape index (κ3) is 4.58. The number of aromatic nitrogens is 2. The van der Waals surface area contributed by atoms with Crippen LogP contribution in [0.5, 0.6) is 0 Å². The molecule has 0 aliphatic rings. The van der Waals surface area contributed by atoms with Crippen LogP contribution < -0.4 is 0 Å². The third-order valence-electron chi connectivity index (χ3n) is 4.30. The van der Waals surface area contributed by atoms with Crippen LogP contribution >= 0.6 is 11.8 Å². The third-order valence-corrected chi connectivity index (χ3v) is 6.53. The Labute approximate surface area is 173 Å². The number of thioether (sulfide) groups is 1. The van der Waals surface area contributed by atoms with E-state index in [1.165, 1.54) is 17.2 Å². The zero-order valence-corrected chi connectivity index (χ0v) is 17.3. The Morgan fingerprint density at radius 1 is 0.966 bits per heavy atom. The summed E-state index contributed by atoms with van der Waals surface area (Å²) < 4.78 is 30.8. The van der Waals surface area contributed by atoms with Crippen LogP contribution in [0.3, 0.4) is 0 Å². The standard InChI is InChI=1S/C22H18N2O3S2/c1-16-6-4-9-19(14-16)21-23-24-22(27-21)28-12-5-13-29(25,26)20-11-10-17-7-2-3-8-18(17)15-20/h2-11,13-15H,12H2,1H3. The first-order valence-electron chi connectivity index (χ1n) is 8.95. The molecule has 29 heavy (non-hydrogen) atoms. The molecule has 7 heteroatoms. The number of nitrogens with zero attached hydrogens (tertiary/aromatic N) is 2. The van der Waals surface area contributed by atoms with E-state index < -0.39 is 9.84 Å². The molecule has 4 rings (SSSR count). The summed E-state index contributed by atoms with van der Waals surface area (Å²) in [7, 11) is -3.51. The molecule has 3 aromatic carbocycles. The summed E-state index contributed by atoms with van der Waals surface area (Å²) in [6.07, 6.45) is 1.59. The zero-order valence-electron chi connectivity index (χ0n) is 15.6.